The number of benzene rings is 1. The lowest BCUT2D eigenvalue weighted by Crippen LogP contribution is -2.41. The van der Waals surface area contributed by atoms with Crippen LogP contribution in [0.3, 0.4) is 0 Å². The molecule has 1 atom stereocenters. The molecular formula is C18H27N3O. The number of ether oxygens (including phenoxy) is 1. The van der Waals surface area contributed by atoms with Crippen LogP contribution in [0.1, 0.15) is 30.9 Å². The number of nitrogens with zero attached hydrogens (tertiary/aromatic N) is 2. The van der Waals surface area contributed by atoms with E-state index in [1.807, 2.05) is 0 Å². The molecule has 2 aliphatic heterocycles. The van der Waals surface area contributed by atoms with Gasteiger partial charge in [-0.25, -0.2) is 4.99 Å². The Morgan fingerprint density at radius 2 is 2.23 bits per heavy atom. The van der Waals surface area contributed by atoms with Crippen LogP contribution in [0, 0.1) is 12.3 Å². The Morgan fingerprint density at radius 1 is 1.36 bits per heavy atom. The Hall–Kier alpha value is -1.55. The molecule has 1 aromatic rings. The van der Waals surface area contributed by atoms with Gasteiger partial charge in [-0.3, -0.25) is 0 Å². The summed E-state index contributed by atoms with van der Waals surface area (Å²) in [6.07, 6.45) is 2.42. The zero-order valence-electron chi connectivity index (χ0n) is 13.8. The van der Waals surface area contributed by atoms with Crippen molar-refractivity contribution < 1.29 is 4.74 Å². The number of rotatable bonds is 3. The molecule has 0 radical (unpaired) electrons. The number of hydrogen-bond donors (Lipinski definition) is 1. The van der Waals surface area contributed by atoms with E-state index >= 15 is 0 Å². The first-order chi connectivity index (χ1) is 10.7. The van der Waals surface area contributed by atoms with Gasteiger partial charge in [-0.1, -0.05) is 24.3 Å². The van der Waals surface area contributed by atoms with E-state index in [-0.39, 0.29) is 0 Å². The van der Waals surface area contributed by atoms with Crippen LogP contribution in [0.25, 0.3) is 0 Å². The maximum atomic E-state index is 5.63. The van der Waals surface area contributed by atoms with E-state index in [9.17, 15) is 0 Å². The number of nitrogens with one attached hydrogen (secondary N) is 1. The van der Waals surface area contributed by atoms with Crippen molar-refractivity contribution in [2.45, 2.75) is 33.2 Å². The Balaban J connectivity index is 1.70. The molecular weight excluding hydrogens is 274 g/mol. The second-order valence-electron chi connectivity index (χ2n) is 6.57. The summed E-state index contributed by atoms with van der Waals surface area (Å²) >= 11 is 0. The van der Waals surface area contributed by atoms with Crippen molar-refractivity contribution in [3.63, 3.8) is 0 Å². The van der Waals surface area contributed by atoms with Gasteiger partial charge in [0.2, 0.25) is 0 Å². The first-order valence-electron chi connectivity index (χ1n) is 8.38. The number of likely N-dealkylation sites (tertiary alicyclic amines) is 1. The fraction of sp³-hybridized carbons (Fsp3) is 0.611. The molecule has 120 valence electrons. The minimum Gasteiger partial charge on any atom is -0.381 e. The monoisotopic (exact) mass is 301 g/mol. The van der Waals surface area contributed by atoms with Gasteiger partial charge in [0.25, 0.3) is 0 Å². The number of aryl methyl sites for hydroxylation is 1. The van der Waals surface area contributed by atoms with Crippen LogP contribution >= 0.6 is 0 Å². The molecule has 1 spiro atoms. The molecule has 2 aliphatic rings. The van der Waals surface area contributed by atoms with Crippen molar-refractivity contribution in [1.82, 2.24) is 10.2 Å². The zero-order chi connectivity index (χ0) is 15.4. The highest BCUT2D eigenvalue weighted by molar-refractivity contribution is 5.80. The molecule has 2 heterocycles. The summed E-state index contributed by atoms with van der Waals surface area (Å²) < 4.78 is 5.63. The average molecular weight is 301 g/mol. The Kier molecular flexibility index (Phi) is 4.67. The molecule has 0 bridgehead atoms. The first kappa shape index (κ1) is 15.3. The van der Waals surface area contributed by atoms with Crippen LogP contribution in [0.5, 0.6) is 0 Å². The summed E-state index contributed by atoms with van der Waals surface area (Å²) in [4.78, 5) is 7.28. The second-order valence-corrected chi connectivity index (χ2v) is 6.57. The third-order valence-corrected chi connectivity index (χ3v) is 4.92. The van der Waals surface area contributed by atoms with E-state index in [2.05, 4.69) is 48.3 Å². The molecule has 0 aliphatic carbocycles. The molecule has 22 heavy (non-hydrogen) atoms. The maximum absolute atomic E-state index is 5.63. The molecule has 1 N–H and O–H groups in total. The number of hydrogen-bond acceptors (Lipinski definition) is 2. The minimum absolute atomic E-state index is 0.374. The van der Waals surface area contributed by atoms with Crippen LogP contribution in [0.15, 0.2) is 29.3 Å². The van der Waals surface area contributed by atoms with Crippen molar-refractivity contribution in [3.8, 4) is 0 Å². The standard InChI is InChI=1S/C18H27N3O/c1-3-19-17(20-12-16-7-5-4-6-15(16)2)21-10-8-18(13-21)9-11-22-14-18/h4-7H,3,8-14H2,1-2H3,(H,19,20). The molecule has 2 fully saturated rings. The van der Waals surface area contributed by atoms with Crippen LogP contribution < -0.4 is 5.32 Å². The largest absolute Gasteiger partial charge is 0.381 e. The average Bonchev–Trinajstić information content (AvgIpc) is 3.16. The summed E-state index contributed by atoms with van der Waals surface area (Å²) in [6.45, 7) is 9.94. The van der Waals surface area contributed by atoms with E-state index in [0.29, 0.717) is 5.41 Å². The van der Waals surface area contributed by atoms with Crippen molar-refractivity contribution in [2.24, 2.45) is 10.4 Å². The van der Waals surface area contributed by atoms with E-state index in [1.165, 1.54) is 24.0 Å². The lowest BCUT2D eigenvalue weighted by molar-refractivity contribution is 0.156. The van der Waals surface area contributed by atoms with Gasteiger partial charge in [0.15, 0.2) is 5.96 Å². The van der Waals surface area contributed by atoms with Crippen LogP contribution in [0.2, 0.25) is 0 Å². The number of guanidine groups is 1. The van der Waals surface area contributed by atoms with Gasteiger partial charge in [-0.2, -0.15) is 0 Å². The lowest BCUT2D eigenvalue weighted by Gasteiger charge is -2.25. The van der Waals surface area contributed by atoms with Crippen molar-refractivity contribution in [1.29, 1.82) is 0 Å². The van der Waals surface area contributed by atoms with Gasteiger partial charge in [-0.15, -0.1) is 0 Å². The van der Waals surface area contributed by atoms with Crippen LogP contribution in [-0.2, 0) is 11.3 Å². The molecule has 4 heteroatoms. The minimum atomic E-state index is 0.374. The molecule has 4 nitrogen and oxygen atoms in total. The smallest absolute Gasteiger partial charge is 0.194 e. The van der Waals surface area contributed by atoms with Gasteiger partial charge < -0.3 is 15.0 Å². The highest BCUT2D eigenvalue weighted by atomic mass is 16.5. The van der Waals surface area contributed by atoms with Crippen molar-refractivity contribution in [3.05, 3.63) is 35.4 Å². The topological polar surface area (TPSA) is 36.9 Å². The fourth-order valence-electron chi connectivity index (χ4n) is 3.46. The lowest BCUT2D eigenvalue weighted by atomic mass is 9.87. The highest BCUT2D eigenvalue weighted by Crippen LogP contribution is 2.38. The third kappa shape index (κ3) is 3.27. The summed E-state index contributed by atoms with van der Waals surface area (Å²) in [5.74, 6) is 1.05. The van der Waals surface area contributed by atoms with E-state index in [0.717, 1.165) is 45.4 Å². The Labute approximate surface area is 133 Å². The van der Waals surface area contributed by atoms with E-state index in [1.54, 1.807) is 0 Å². The summed E-state index contributed by atoms with van der Waals surface area (Å²) in [5.41, 5.74) is 2.99. The third-order valence-electron chi connectivity index (χ3n) is 4.92. The fourth-order valence-corrected chi connectivity index (χ4v) is 3.46. The highest BCUT2D eigenvalue weighted by Gasteiger charge is 2.42. The predicted octanol–water partition coefficient (Wildman–Crippen LogP) is 2.57. The second kappa shape index (κ2) is 6.69. The van der Waals surface area contributed by atoms with E-state index in [4.69, 9.17) is 9.73 Å². The van der Waals surface area contributed by atoms with E-state index < -0.39 is 0 Å². The van der Waals surface area contributed by atoms with Crippen molar-refractivity contribution >= 4 is 5.96 Å². The SMILES string of the molecule is CCNC(=NCc1ccccc1C)N1CCC2(CCOC2)C1. The molecule has 0 aromatic heterocycles. The van der Waals surface area contributed by atoms with Gasteiger partial charge in [0.05, 0.1) is 13.2 Å². The zero-order valence-corrected chi connectivity index (χ0v) is 13.8. The van der Waals surface area contributed by atoms with Crippen LogP contribution in [0.4, 0.5) is 0 Å². The van der Waals surface area contributed by atoms with Gasteiger partial charge in [-0.05, 0) is 37.8 Å². The molecule has 0 saturated carbocycles. The van der Waals surface area contributed by atoms with Gasteiger partial charge >= 0.3 is 0 Å². The maximum Gasteiger partial charge on any atom is 0.194 e. The first-order valence-corrected chi connectivity index (χ1v) is 8.38. The Bertz CT molecular complexity index is 535. The predicted molar refractivity (Wildman–Crippen MR) is 90.1 cm³/mol. The van der Waals surface area contributed by atoms with Gasteiger partial charge in [0.1, 0.15) is 0 Å². The molecule has 0 amide bonds. The summed E-state index contributed by atoms with van der Waals surface area (Å²) in [5, 5.41) is 3.46. The molecule has 1 aromatic carbocycles. The number of aliphatic imine (C=N–C) groups is 1. The van der Waals surface area contributed by atoms with Gasteiger partial charge in [0, 0.05) is 31.7 Å². The quantitative estimate of drug-likeness (QED) is 0.688. The molecule has 2 saturated heterocycles. The summed E-state index contributed by atoms with van der Waals surface area (Å²) in [6, 6.07) is 8.49. The van der Waals surface area contributed by atoms with Crippen LogP contribution in [-0.4, -0.2) is 43.7 Å². The van der Waals surface area contributed by atoms with Crippen molar-refractivity contribution in [2.75, 3.05) is 32.8 Å². The molecule has 3 rings (SSSR count). The normalized spacial score (nSPS) is 25.2. The molecule has 1 unspecified atom stereocenters. The summed E-state index contributed by atoms with van der Waals surface area (Å²) in [7, 11) is 0. The Morgan fingerprint density at radius 3 is 2.95 bits per heavy atom.